The first kappa shape index (κ1) is 12.8. The van der Waals surface area contributed by atoms with Crippen molar-refractivity contribution in [1.82, 2.24) is 0 Å². The lowest BCUT2D eigenvalue weighted by Gasteiger charge is -2.11. The molecule has 2 aromatic rings. The summed E-state index contributed by atoms with van der Waals surface area (Å²) in [6, 6.07) is 11.9. The van der Waals surface area contributed by atoms with Crippen LogP contribution in [0, 0.1) is 13.8 Å². The van der Waals surface area contributed by atoms with E-state index in [1.165, 1.54) is 0 Å². The minimum Gasteiger partial charge on any atom is -0.497 e. The Morgan fingerprint density at radius 3 is 2.39 bits per heavy atom. The molecule has 0 amide bonds. The first-order valence-corrected chi connectivity index (χ1v) is 6.16. The molecule has 0 aliphatic rings. The van der Waals surface area contributed by atoms with E-state index in [4.69, 9.17) is 16.3 Å². The summed E-state index contributed by atoms with van der Waals surface area (Å²) >= 11 is 6.11. The number of halogens is 1. The second kappa shape index (κ2) is 5.32. The van der Waals surface area contributed by atoms with Gasteiger partial charge in [-0.05, 0) is 55.3 Å². The van der Waals surface area contributed by atoms with Crippen molar-refractivity contribution in [3.05, 3.63) is 52.5 Å². The Labute approximate surface area is 113 Å². The monoisotopic (exact) mass is 261 g/mol. The second-order valence-electron chi connectivity index (χ2n) is 4.27. The van der Waals surface area contributed by atoms with Gasteiger partial charge in [-0.2, -0.15) is 0 Å². The molecule has 94 valence electrons. The zero-order chi connectivity index (χ0) is 13.1. The van der Waals surface area contributed by atoms with Gasteiger partial charge in [0.25, 0.3) is 0 Å². The quantitative estimate of drug-likeness (QED) is 0.864. The predicted molar refractivity (Wildman–Crippen MR) is 77.2 cm³/mol. The molecule has 3 heteroatoms. The summed E-state index contributed by atoms with van der Waals surface area (Å²) in [5.41, 5.74) is 4.24. The van der Waals surface area contributed by atoms with Crippen molar-refractivity contribution in [2.75, 3.05) is 12.4 Å². The van der Waals surface area contributed by atoms with Gasteiger partial charge in [0.05, 0.1) is 7.11 Å². The lowest BCUT2D eigenvalue weighted by Crippen LogP contribution is -1.94. The highest BCUT2D eigenvalue weighted by atomic mass is 35.5. The molecule has 0 bridgehead atoms. The van der Waals surface area contributed by atoms with Gasteiger partial charge in [0.15, 0.2) is 0 Å². The topological polar surface area (TPSA) is 21.3 Å². The molecule has 0 saturated carbocycles. The van der Waals surface area contributed by atoms with Crippen molar-refractivity contribution in [2.45, 2.75) is 13.8 Å². The number of hydrogen-bond donors (Lipinski definition) is 1. The standard InChI is InChI=1S/C15H16ClNO/c1-10-4-5-12(9-14(10)16)17-15-7-6-13(18-3)8-11(15)2/h4-9,17H,1-3H3. The van der Waals surface area contributed by atoms with Crippen LogP contribution in [0.15, 0.2) is 36.4 Å². The van der Waals surface area contributed by atoms with E-state index in [1.807, 2.05) is 50.2 Å². The fraction of sp³-hybridized carbons (Fsp3) is 0.200. The second-order valence-corrected chi connectivity index (χ2v) is 4.68. The summed E-state index contributed by atoms with van der Waals surface area (Å²) in [5.74, 6) is 0.861. The van der Waals surface area contributed by atoms with Crippen molar-refractivity contribution in [2.24, 2.45) is 0 Å². The third kappa shape index (κ3) is 2.77. The Bertz CT molecular complexity index is 566. The SMILES string of the molecule is COc1ccc(Nc2ccc(C)c(Cl)c2)c(C)c1. The third-order valence-corrected chi connectivity index (χ3v) is 3.29. The molecule has 0 aromatic heterocycles. The van der Waals surface area contributed by atoms with Crippen molar-refractivity contribution in [3.8, 4) is 5.75 Å². The molecule has 0 atom stereocenters. The highest BCUT2D eigenvalue weighted by Crippen LogP contribution is 2.27. The third-order valence-electron chi connectivity index (χ3n) is 2.88. The fourth-order valence-electron chi connectivity index (χ4n) is 1.73. The minimum absolute atomic E-state index is 0.770. The lowest BCUT2D eigenvalue weighted by molar-refractivity contribution is 0.414. The number of ether oxygens (including phenoxy) is 1. The van der Waals surface area contributed by atoms with Gasteiger partial charge in [-0.25, -0.2) is 0 Å². The molecule has 0 radical (unpaired) electrons. The number of anilines is 2. The smallest absolute Gasteiger partial charge is 0.119 e. The Hall–Kier alpha value is -1.67. The van der Waals surface area contributed by atoms with Crippen molar-refractivity contribution >= 4 is 23.0 Å². The molecule has 2 rings (SSSR count). The van der Waals surface area contributed by atoms with Crippen LogP contribution in [0.2, 0.25) is 5.02 Å². The van der Waals surface area contributed by atoms with E-state index in [-0.39, 0.29) is 0 Å². The molecule has 0 fully saturated rings. The van der Waals surface area contributed by atoms with E-state index in [9.17, 15) is 0 Å². The maximum atomic E-state index is 6.11. The van der Waals surface area contributed by atoms with E-state index in [0.29, 0.717) is 0 Å². The molecule has 1 N–H and O–H groups in total. The molecule has 0 aliphatic heterocycles. The summed E-state index contributed by atoms with van der Waals surface area (Å²) in [6.45, 7) is 4.03. The molecule has 2 nitrogen and oxygen atoms in total. The van der Waals surface area contributed by atoms with Crippen molar-refractivity contribution < 1.29 is 4.74 Å². The normalized spacial score (nSPS) is 10.2. The van der Waals surface area contributed by atoms with Gasteiger partial charge in [-0.1, -0.05) is 17.7 Å². The molecular formula is C15H16ClNO. The summed E-state index contributed by atoms with van der Waals surface area (Å²) in [6.07, 6.45) is 0. The minimum atomic E-state index is 0.770. The molecule has 0 heterocycles. The summed E-state index contributed by atoms with van der Waals surface area (Å²) in [7, 11) is 1.67. The largest absolute Gasteiger partial charge is 0.497 e. The number of methoxy groups -OCH3 is 1. The number of rotatable bonds is 3. The Balaban J connectivity index is 2.25. The lowest BCUT2D eigenvalue weighted by atomic mass is 10.1. The number of nitrogens with one attached hydrogen (secondary N) is 1. The van der Waals surface area contributed by atoms with Crippen molar-refractivity contribution in [1.29, 1.82) is 0 Å². The van der Waals surface area contributed by atoms with Gasteiger partial charge in [-0.15, -0.1) is 0 Å². The van der Waals surface area contributed by atoms with Gasteiger partial charge in [0, 0.05) is 16.4 Å². The zero-order valence-corrected chi connectivity index (χ0v) is 11.5. The van der Waals surface area contributed by atoms with Crippen molar-refractivity contribution in [3.63, 3.8) is 0 Å². The Kier molecular flexibility index (Phi) is 3.78. The maximum Gasteiger partial charge on any atom is 0.119 e. The van der Waals surface area contributed by atoms with Crippen LogP contribution >= 0.6 is 11.6 Å². The van der Waals surface area contributed by atoms with Crippen LogP contribution in [0.25, 0.3) is 0 Å². The van der Waals surface area contributed by atoms with Crippen LogP contribution in [0.1, 0.15) is 11.1 Å². The molecule has 0 unspecified atom stereocenters. The maximum absolute atomic E-state index is 6.11. The predicted octanol–water partition coefficient (Wildman–Crippen LogP) is 4.71. The van der Waals surface area contributed by atoms with Gasteiger partial charge in [0.2, 0.25) is 0 Å². The summed E-state index contributed by atoms with van der Waals surface area (Å²) < 4.78 is 5.19. The van der Waals surface area contributed by atoms with E-state index in [1.54, 1.807) is 7.11 Å². The Morgan fingerprint density at radius 2 is 1.78 bits per heavy atom. The van der Waals surface area contributed by atoms with Crippen LogP contribution in [-0.2, 0) is 0 Å². The molecule has 0 spiro atoms. The number of aryl methyl sites for hydroxylation is 2. The summed E-state index contributed by atoms with van der Waals surface area (Å²) in [5, 5.41) is 4.12. The van der Waals surface area contributed by atoms with Gasteiger partial charge in [0.1, 0.15) is 5.75 Å². The van der Waals surface area contributed by atoms with Crippen LogP contribution in [0.4, 0.5) is 11.4 Å². The van der Waals surface area contributed by atoms with Crippen LogP contribution in [-0.4, -0.2) is 7.11 Å². The van der Waals surface area contributed by atoms with Gasteiger partial charge >= 0.3 is 0 Å². The van der Waals surface area contributed by atoms with E-state index in [2.05, 4.69) is 5.32 Å². The zero-order valence-electron chi connectivity index (χ0n) is 10.8. The molecule has 18 heavy (non-hydrogen) atoms. The molecule has 0 aliphatic carbocycles. The number of benzene rings is 2. The van der Waals surface area contributed by atoms with Gasteiger partial charge < -0.3 is 10.1 Å². The van der Waals surface area contributed by atoms with E-state index in [0.717, 1.165) is 33.3 Å². The van der Waals surface area contributed by atoms with Crippen LogP contribution in [0.5, 0.6) is 5.75 Å². The fourth-order valence-corrected chi connectivity index (χ4v) is 1.91. The average molecular weight is 262 g/mol. The highest BCUT2D eigenvalue weighted by Gasteiger charge is 2.02. The average Bonchev–Trinajstić information content (AvgIpc) is 2.36. The summed E-state index contributed by atoms with van der Waals surface area (Å²) in [4.78, 5) is 0. The van der Waals surface area contributed by atoms with Crippen LogP contribution < -0.4 is 10.1 Å². The first-order chi connectivity index (χ1) is 8.60. The van der Waals surface area contributed by atoms with Gasteiger partial charge in [-0.3, -0.25) is 0 Å². The highest BCUT2D eigenvalue weighted by molar-refractivity contribution is 6.31. The molecule has 2 aromatic carbocycles. The number of hydrogen-bond acceptors (Lipinski definition) is 2. The van der Waals surface area contributed by atoms with Crippen LogP contribution in [0.3, 0.4) is 0 Å². The van der Waals surface area contributed by atoms with E-state index < -0.39 is 0 Å². The first-order valence-electron chi connectivity index (χ1n) is 5.78. The molecular weight excluding hydrogens is 246 g/mol. The van der Waals surface area contributed by atoms with E-state index >= 15 is 0 Å². The molecule has 0 saturated heterocycles. The Morgan fingerprint density at radius 1 is 1.00 bits per heavy atom.